The molecule has 1 aromatic carbocycles. The molecule has 1 heterocycles. The van der Waals surface area contributed by atoms with Crippen molar-refractivity contribution < 1.29 is 5.11 Å². The molecule has 0 saturated heterocycles. The molecule has 0 radical (unpaired) electrons. The first-order valence-corrected chi connectivity index (χ1v) is 5.33. The van der Waals surface area contributed by atoms with Gasteiger partial charge in [0.25, 0.3) is 0 Å². The molecule has 3 nitrogen and oxygen atoms in total. The Morgan fingerprint density at radius 2 is 1.81 bits per heavy atom. The first kappa shape index (κ1) is 10.9. The van der Waals surface area contributed by atoms with Crippen molar-refractivity contribution in [2.24, 2.45) is 0 Å². The third-order valence-electron chi connectivity index (χ3n) is 2.51. The van der Waals surface area contributed by atoms with Gasteiger partial charge in [0, 0.05) is 11.3 Å². The van der Waals surface area contributed by atoms with Gasteiger partial charge in [0.15, 0.2) is 0 Å². The number of aromatic amines is 1. The van der Waals surface area contributed by atoms with E-state index >= 15 is 0 Å². The van der Waals surface area contributed by atoms with E-state index in [1.54, 1.807) is 13.8 Å². The summed E-state index contributed by atoms with van der Waals surface area (Å²) >= 11 is 0. The van der Waals surface area contributed by atoms with Crippen LogP contribution >= 0.6 is 0 Å². The normalized spacial score (nSPS) is 11.8. The summed E-state index contributed by atoms with van der Waals surface area (Å²) in [7, 11) is 0. The van der Waals surface area contributed by atoms with Crippen LogP contribution in [0.5, 0.6) is 0 Å². The molecule has 2 N–H and O–H groups in total. The van der Waals surface area contributed by atoms with Crippen molar-refractivity contribution in [3.63, 3.8) is 0 Å². The number of aromatic nitrogens is 2. The predicted octanol–water partition coefficient (Wildman–Crippen LogP) is 2.61. The van der Waals surface area contributed by atoms with E-state index in [1.807, 2.05) is 37.3 Å². The van der Waals surface area contributed by atoms with E-state index in [0.29, 0.717) is 5.82 Å². The van der Waals surface area contributed by atoms with Gasteiger partial charge in [0.05, 0.1) is 5.69 Å². The minimum atomic E-state index is -0.933. The van der Waals surface area contributed by atoms with Gasteiger partial charge in [-0.3, -0.25) is 0 Å². The van der Waals surface area contributed by atoms with Crippen molar-refractivity contribution in [3.8, 4) is 11.3 Å². The topological polar surface area (TPSA) is 48.9 Å². The van der Waals surface area contributed by atoms with E-state index in [-0.39, 0.29) is 0 Å². The number of imidazole rings is 1. The Morgan fingerprint density at radius 1 is 1.19 bits per heavy atom. The molecule has 0 unspecified atom stereocenters. The fraction of sp³-hybridized carbons (Fsp3) is 0.308. The lowest BCUT2D eigenvalue weighted by Crippen LogP contribution is -2.17. The molecule has 2 aromatic rings. The molecule has 1 aromatic heterocycles. The first-order chi connectivity index (χ1) is 7.48. The zero-order valence-corrected chi connectivity index (χ0v) is 9.78. The summed E-state index contributed by atoms with van der Waals surface area (Å²) in [6, 6.07) is 9.96. The van der Waals surface area contributed by atoms with Crippen LogP contribution in [0.2, 0.25) is 0 Å². The van der Waals surface area contributed by atoms with Crippen molar-refractivity contribution in [3.05, 3.63) is 41.9 Å². The lowest BCUT2D eigenvalue weighted by atomic mass is 10.1. The largest absolute Gasteiger partial charge is 0.383 e. The van der Waals surface area contributed by atoms with E-state index in [1.165, 1.54) is 0 Å². The van der Waals surface area contributed by atoms with Crippen molar-refractivity contribution >= 4 is 0 Å². The maximum absolute atomic E-state index is 9.88. The van der Waals surface area contributed by atoms with E-state index < -0.39 is 5.60 Å². The molecule has 0 aliphatic heterocycles. The number of aryl methyl sites for hydroxylation is 1. The van der Waals surface area contributed by atoms with Crippen LogP contribution in [0.15, 0.2) is 30.3 Å². The van der Waals surface area contributed by atoms with Crippen molar-refractivity contribution in [2.75, 3.05) is 0 Å². The Morgan fingerprint density at radius 3 is 2.31 bits per heavy atom. The molecule has 0 spiro atoms. The van der Waals surface area contributed by atoms with E-state index in [0.717, 1.165) is 17.0 Å². The molecule has 0 fully saturated rings. The second kappa shape index (κ2) is 3.76. The molecule has 84 valence electrons. The lowest BCUT2D eigenvalue weighted by molar-refractivity contribution is 0.0696. The number of benzene rings is 1. The summed E-state index contributed by atoms with van der Waals surface area (Å²) in [5.41, 5.74) is 2.01. The third-order valence-corrected chi connectivity index (χ3v) is 2.51. The van der Waals surface area contributed by atoms with Gasteiger partial charge in [-0.1, -0.05) is 30.3 Å². The highest BCUT2D eigenvalue weighted by molar-refractivity contribution is 5.61. The number of nitrogens with one attached hydrogen (secondary N) is 1. The second-order valence-corrected chi connectivity index (χ2v) is 4.48. The highest BCUT2D eigenvalue weighted by Gasteiger charge is 2.21. The van der Waals surface area contributed by atoms with Crippen molar-refractivity contribution in [1.29, 1.82) is 0 Å². The van der Waals surface area contributed by atoms with Crippen molar-refractivity contribution in [1.82, 2.24) is 9.97 Å². The van der Waals surface area contributed by atoms with Gasteiger partial charge in [0.1, 0.15) is 11.4 Å². The molecule has 2 rings (SSSR count). The summed E-state index contributed by atoms with van der Waals surface area (Å²) in [5, 5.41) is 9.88. The quantitative estimate of drug-likeness (QED) is 0.810. The average molecular weight is 216 g/mol. The second-order valence-electron chi connectivity index (χ2n) is 4.48. The summed E-state index contributed by atoms with van der Waals surface area (Å²) in [6.45, 7) is 5.41. The SMILES string of the molecule is Cc1[nH]c(C(C)(C)O)nc1-c1ccccc1. The summed E-state index contributed by atoms with van der Waals surface area (Å²) < 4.78 is 0. The van der Waals surface area contributed by atoms with Crippen LogP contribution in [-0.4, -0.2) is 15.1 Å². The van der Waals surface area contributed by atoms with E-state index in [4.69, 9.17) is 0 Å². The smallest absolute Gasteiger partial charge is 0.138 e. The monoisotopic (exact) mass is 216 g/mol. The Balaban J connectivity index is 2.48. The Kier molecular flexibility index (Phi) is 2.56. The molecule has 0 amide bonds. The summed E-state index contributed by atoms with van der Waals surface area (Å²) in [5.74, 6) is 0.601. The van der Waals surface area contributed by atoms with Crippen LogP contribution < -0.4 is 0 Å². The Hall–Kier alpha value is -1.61. The van der Waals surface area contributed by atoms with Crippen LogP contribution in [0.3, 0.4) is 0 Å². The average Bonchev–Trinajstić information content (AvgIpc) is 2.61. The number of aliphatic hydroxyl groups is 1. The number of H-pyrrole nitrogens is 1. The fourth-order valence-electron chi connectivity index (χ4n) is 1.63. The molecule has 16 heavy (non-hydrogen) atoms. The third kappa shape index (κ3) is 1.99. The van der Waals surface area contributed by atoms with Crippen LogP contribution in [-0.2, 0) is 5.60 Å². The van der Waals surface area contributed by atoms with Gasteiger partial charge < -0.3 is 10.1 Å². The highest BCUT2D eigenvalue weighted by Crippen LogP contribution is 2.25. The van der Waals surface area contributed by atoms with Gasteiger partial charge in [0.2, 0.25) is 0 Å². The molecular formula is C13H16N2O. The van der Waals surface area contributed by atoms with E-state index in [9.17, 15) is 5.11 Å². The Labute approximate surface area is 95.2 Å². The molecular weight excluding hydrogens is 200 g/mol. The standard InChI is InChI=1S/C13H16N2O/c1-9-11(10-7-5-4-6-8-10)15-12(14-9)13(2,3)16/h4-8,16H,1-3H3,(H,14,15). The number of nitrogens with zero attached hydrogens (tertiary/aromatic N) is 1. The molecule has 0 atom stereocenters. The van der Waals surface area contributed by atoms with Crippen LogP contribution in [0.4, 0.5) is 0 Å². The minimum Gasteiger partial charge on any atom is -0.383 e. The number of hydrogen-bond donors (Lipinski definition) is 2. The molecule has 0 bridgehead atoms. The predicted molar refractivity (Wildman–Crippen MR) is 64.0 cm³/mol. The Bertz CT molecular complexity index is 480. The van der Waals surface area contributed by atoms with Gasteiger partial charge >= 0.3 is 0 Å². The molecule has 0 saturated carbocycles. The zero-order chi connectivity index (χ0) is 11.8. The van der Waals surface area contributed by atoms with Gasteiger partial charge in [-0.15, -0.1) is 0 Å². The maximum Gasteiger partial charge on any atom is 0.138 e. The van der Waals surface area contributed by atoms with Crippen LogP contribution in [0.25, 0.3) is 11.3 Å². The first-order valence-electron chi connectivity index (χ1n) is 5.33. The van der Waals surface area contributed by atoms with Gasteiger partial charge in [-0.05, 0) is 20.8 Å². The van der Waals surface area contributed by atoms with Crippen LogP contribution in [0.1, 0.15) is 25.4 Å². The number of rotatable bonds is 2. The molecule has 0 aliphatic carbocycles. The van der Waals surface area contributed by atoms with E-state index in [2.05, 4.69) is 9.97 Å². The van der Waals surface area contributed by atoms with Crippen molar-refractivity contribution in [2.45, 2.75) is 26.4 Å². The maximum atomic E-state index is 9.88. The van der Waals surface area contributed by atoms with Crippen LogP contribution in [0, 0.1) is 6.92 Å². The van der Waals surface area contributed by atoms with Gasteiger partial charge in [-0.2, -0.15) is 0 Å². The zero-order valence-electron chi connectivity index (χ0n) is 9.78. The lowest BCUT2D eigenvalue weighted by Gasteiger charge is -2.12. The molecule has 0 aliphatic rings. The van der Waals surface area contributed by atoms with Gasteiger partial charge in [-0.25, -0.2) is 4.98 Å². The number of hydrogen-bond acceptors (Lipinski definition) is 2. The highest BCUT2D eigenvalue weighted by atomic mass is 16.3. The minimum absolute atomic E-state index is 0.601. The summed E-state index contributed by atoms with van der Waals surface area (Å²) in [6.07, 6.45) is 0. The fourth-order valence-corrected chi connectivity index (χ4v) is 1.63. The molecule has 3 heteroatoms. The summed E-state index contributed by atoms with van der Waals surface area (Å²) in [4.78, 5) is 7.57.